The number of aromatic nitrogens is 4. The molecule has 6 rings (SSSR count). The van der Waals surface area contributed by atoms with Crippen LogP contribution in [0.2, 0.25) is 0 Å². The summed E-state index contributed by atoms with van der Waals surface area (Å²) in [6.07, 6.45) is 1.32. The highest BCUT2D eigenvalue weighted by atomic mass is 16.3. The summed E-state index contributed by atoms with van der Waals surface area (Å²) >= 11 is 0. The molecule has 8 N–H and O–H groups in total. The van der Waals surface area contributed by atoms with E-state index in [0.29, 0.717) is 48.9 Å². The summed E-state index contributed by atoms with van der Waals surface area (Å²) in [4.78, 5) is 43.1. The lowest BCUT2D eigenvalue weighted by molar-refractivity contribution is -0.125. The average molecular weight is 653 g/mol. The van der Waals surface area contributed by atoms with Gasteiger partial charge in [-0.1, -0.05) is 30.3 Å². The van der Waals surface area contributed by atoms with E-state index >= 15 is 0 Å². The number of benzene rings is 1. The summed E-state index contributed by atoms with van der Waals surface area (Å²) in [5.74, 6) is 0.137. The van der Waals surface area contributed by atoms with E-state index in [4.69, 9.17) is 9.97 Å². The van der Waals surface area contributed by atoms with Crippen LogP contribution in [0.5, 0.6) is 0 Å². The van der Waals surface area contributed by atoms with Crippen molar-refractivity contribution in [3.05, 3.63) is 42.2 Å². The monoisotopic (exact) mass is 652 g/mol. The van der Waals surface area contributed by atoms with E-state index in [1.54, 1.807) is 4.57 Å². The molecule has 7 atom stereocenters. The van der Waals surface area contributed by atoms with Crippen LogP contribution >= 0.6 is 0 Å². The first-order valence-corrected chi connectivity index (χ1v) is 16.1. The van der Waals surface area contributed by atoms with Gasteiger partial charge in [0.2, 0.25) is 11.9 Å². The van der Waals surface area contributed by atoms with E-state index in [0.717, 1.165) is 25.1 Å². The zero-order chi connectivity index (χ0) is 33.1. The second-order valence-electron chi connectivity index (χ2n) is 12.8. The third-order valence-corrected chi connectivity index (χ3v) is 9.33. The molecule has 2 aliphatic heterocycles. The van der Waals surface area contributed by atoms with Crippen LogP contribution in [0.3, 0.4) is 0 Å². The number of nitrogens with one attached hydrogen (secondary N) is 4. The minimum atomic E-state index is -1.27. The van der Waals surface area contributed by atoms with Crippen LogP contribution in [0.1, 0.15) is 30.9 Å². The van der Waals surface area contributed by atoms with Gasteiger partial charge in [-0.3, -0.25) is 4.79 Å². The molecule has 1 saturated carbocycles. The topological polar surface area (TPSA) is 213 Å². The molecule has 3 aliphatic rings. The lowest BCUT2D eigenvalue weighted by Crippen LogP contribution is -2.47. The van der Waals surface area contributed by atoms with E-state index in [9.17, 15) is 30.0 Å². The fourth-order valence-electron chi connectivity index (χ4n) is 6.85. The van der Waals surface area contributed by atoms with Gasteiger partial charge in [0.1, 0.15) is 18.8 Å². The van der Waals surface area contributed by atoms with Crippen molar-refractivity contribution < 1.29 is 30.0 Å². The summed E-state index contributed by atoms with van der Waals surface area (Å²) in [7, 11) is 2.04. The maximum absolute atomic E-state index is 12.7. The molecule has 0 spiro atoms. The number of carbonyl (C=O) groups excluding carboxylic acids is 2. The first-order valence-electron chi connectivity index (χ1n) is 16.1. The van der Waals surface area contributed by atoms with Crippen LogP contribution < -0.4 is 26.2 Å². The van der Waals surface area contributed by atoms with Crippen LogP contribution in [0, 0.1) is 0 Å². The SMILES string of the molecule is CN1CC[C@@H](NC(=O)N[C@@H]2CCN(c3nc(N[C@H](CO)Cc4ccccc4)c4ncn([C@@H]5C[C@H](NC(=O)CO)[C@@H](O)[C@H]5O)c4n3)C2)C1. The summed E-state index contributed by atoms with van der Waals surface area (Å²) < 4.78 is 1.67. The van der Waals surface area contributed by atoms with E-state index in [-0.39, 0.29) is 31.1 Å². The number of anilines is 2. The van der Waals surface area contributed by atoms with Crippen molar-refractivity contribution in [2.75, 3.05) is 56.7 Å². The molecule has 4 heterocycles. The van der Waals surface area contributed by atoms with Crippen molar-refractivity contribution >= 4 is 34.9 Å². The zero-order valence-corrected chi connectivity index (χ0v) is 26.4. The molecular weight excluding hydrogens is 608 g/mol. The highest BCUT2D eigenvalue weighted by Gasteiger charge is 2.44. The van der Waals surface area contributed by atoms with Crippen LogP contribution in [0.4, 0.5) is 16.6 Å². The summed E-state index contributed by atoms with van der Waals surface area (Å²) in [5, 5.41) is 53.3. The first-order chi connectivity index (χ1) is 22.7. The molecule has 2 aromatic heterocycles. The lowest BCUT2D eigenvalue weighted by atomic mass is 10.1. The number of hydrogen-bond donors (Lipinski definition) is 8. The number of urea groups is 1. The standard InChI is InChI=1S/C31H44N10O6/c1-39-9-7-19(13-39)34-31(47)35-20-8-10-40(14-20)30-37-28(33-21(15-42)11-18-5-3-2-4-6-18)25-29(38-30)41(17-32-25)23-12-22(26(45)27(23)46)36-24(44)16-43/h2-6,17,19-23,26-27,42-43,45-46H,7-16H2,1H3,(H,36,44)(H,33,37,38)(H2,34,35,47)/t19-,20-,21+,22+,23-,26-,27+/m1/s1. The van der Waals surface area contributed by atoms with E-state index < -0.39 is 42.8 Å². The number of likely N-dealkylation sites (N-methyl/N-ethyl adjacent to an activating group) is 1. The number of amides is 3. The number of imidazole rings is 1. The number of fused-ring (bicyclic) bond motifs is 1. The number of carbonyl (C=O) groups is 2. The molecule has 0 radical (unpaired) electrons. The van der Waals surface area contributed by atoms with Crippen molar-refractivity contribution in [2.24, 2.45) is 0 Å². The fourth-order valence-corrected chi connectivity index (χ4v) is 6.85. The Morgan fingerprint density at radius 3 is 2.43 bits per heavy atom. The zero-order valence-electron chi connectivity index (χ0n) is 26.4. The molecule has 254 valence electrons. The van der Waals surface area contributed by atoms with Gasteiger partial charge in [-0.05, 0) is 44.8 Å². The highest BCUT2D eigenvalue weighted by Crippen LogP contribution is 2.35. The molecule has 3 fully saturated rings. The molecule has 0 bridgehead atoms. The molecule has 3 aromatic rings. The van der Waals surface area contributed by atoms with Crippen LogP contribution in [0.15, 0.2) is 36.7 Å². The average Bonchev–Trinajstić information content (AvgIpc) is 3.86. The molecule has 47 heavy (non-hydrogen) atoms. The molecule has 0 unspecified atom stereocenters. The number of aliphatic hydroxyl groups is 4. The predicted molar refractivity (Wildman–Crippen MR) is 173 cm³/mol. The largest absolute Gasteiger partial charge is 0.394 e. The van der Waals surface area contributed by atoms with Crippen molar-refractivity contribution in [2.45, 2.75) is 68.1 Å². The quantitative estimate of drug-likeness (QED) is 0.120. The molecule has 16 heteroatoms. The second-order valence-corrected chi connectivity index (χ2v) is 12.8. The Bertz CT molecular complexity index is 1540. The van der Waals surface area contributed by atoms with Gasteiger partial charge in [0.05, 0.1) is 31.1 Å². The van der Waals surface area contributed by atoms with Crippen LogP contribution in [0.25, 0.3) is 11.2 Å². The molecule has 16 nitrogen and oxygen atoms in total. The summed E-state index contributed by atoms with van der Waals surface area (Å²) in [6, 6.07) is 7.72. The van der Waals surface area contributed by atoms with Gasteiger partial charge in [-0.2, -0.15) is 9.97 Å². The van der Waals surface area contributed by atoms with Crippen molar-refractivity contribution in [3.8, 4) is 0 Å². The number of likely N-dealkylation sites (tertiary alicyclic amines) is 1. The normalized spacial score (nSPS) is 26.9. The first kappa shape index (κ1) is 32.8. The molecule has 1 aromatic carbocycles. The Morgan fingerprint density at radius 2 is 1.72 bits per heavy atom. The van der Waals surface area contributed by atoms with Crippen molar-refractivity contribution in [3.63, 3.8) is 0 Å². The lowest BCUT2D eigenvalue weighted by Gasteiger charge is -2.22. The Balaban J connectivity index is 1.26. The van der Waals surface area contributed by atoms with Crippen LogP contribution in [-0.4, -0.2) is 140 Å². The highest BCUT2D eigenvalue weighted by molar-refractivity contribution is 5.85. The number of hydrogen-bond acceptors (Lipinski definition) is 12. The minimum Gasteiger partial charge on any atom is -0.394 e. The van der Waals surface area contributed by atoms with Crippen molar-refractivity contribution in [1.29, 1.82) is 0 Å². The predicted octanol–water partition coefficient (Wildman–Crippen LogP) is -1.43. The Morgan fingerprint density at radius 1 is 0.979 bits per heavy atom. The molecule has 2 saturated heterocycles. The van der Waals surface area contributed by atoms with Gasteiger partial charge in [-0.25, -0.2) is 9.78 Å². The minimum absolute atomic E-state index is 0.119. The third kappa shape index (κ3) is 7.41. The number of nitrogens with zero attached hydrogens (tertiary/aromatic N) is 6. The molecule has 3 amide bonds. The third-order valence-electron chi connectivity index (χ3n) is 9.33. The van der Waals surface area contributed by atoms with Gasteiger partial charge < -0.3 is 56.1 Å². The Labute approximate surface area is 272 Å². The second kappa shape index (κ2) is 14.4. The number of aliphatic hydroxyl groups excluding tert-OH is 4. The van der Waals surface area contributed by atoms with E-state index in [1.807, 2.05) is 42.3 Å². The molecule has 1 aliphatic carbocycles. The van der Waals surface area contributed by atoms with Crippen LogP contribution in [-0.2, 0) is 11.2 Å². The van der Waals surface area contributed by atoms with Crippen molar-refractivity contribution in [1.82, 2.24) is 40.4 Å². The summed E-state index contributed by atoms with van der Waals surface area (Å²) in [6.45, 7) is 1.93. The van der Waals surface area contributed by atoms with Gasteiger partial charge in [-0.15, -0.1) is 0 Å². The van der Waals surface area contributed by atoms with Gasteiger partial charge >= 0.3 is 6.03 Å². The smallest absolute Gasteiger partial charge is 0.315 e. The summed E-state index contributed by atoms with van der Waals surface area (Å²) in [5.41, 5.74) is 1.85. The van der Waals surface area contributed by atoms with Gasteiger partial charge in [0, 0.05) is 31.7 Å². The molecular formula is C31H44N10O6. The van der Waals surface area contributed by atoms with Gasteiger partial charge in [0.25, 0.3) is 0 Å². The Kier molecular flexibility index (Phi) is 10.0. The maximum Gasteiger partial charge on any atom is 0.315 e. The fraction of sp³-hybridized carbons (Fsp3) is 0.581. The van der Waals surface area contributed by atoms with E-state index in [1.165, 1.54) is 6.33 Å². The van der Waals surface area contributed by atoms with E-state index in [2.05, 4.69) is 31.2 Å². The van der Waals surface area contributed by atoms with Gasteiger partial charge in [0.15, 0.2) is 17.0 Å². The number of rotatable bonds is 11. The Hall–Kier alpha value is -4.09. The maximum atomic E-state index is 12.7.